The number of hydrogen-bond acceptors (Lipinski definition) is 7. The fourth-order valence-electron chi connectivity index (χ4n) is 7.03. The van der Waals surface area contributed by atoms with E-state index in [1.807, 2.05) is 66.4 Å². The highest BCUT2D eigenvalue weighted by atomic mass is 16.6. The Kier molecular flexibility index (Phi) is 7.56. The number of aryl methyl sites for hydroxylation is 1. The number of amides is 4. The first-order valence-corrected chi connectivity index (χ1v) is 15.5. The number of urea groups is 1. The molecule has 0 saturated carbocycles. The van der Waals surface area contributed by atoms with Crippen LogP contribution in [0.4, 0.5) is 15.3 Å². The molecule has 2 aromatic carbocycles. The van der Waals surface area contributed by atoms with Crippen molar-refractivity contribution in [2.24, 2.45) is 0 Å². The molecule has 2 fully saturated rings. The zero-order valence-electron chi connectivity index (χ0n) is 25.2. The maximum atomic E-state index is 14.0. The molecule has 4 aromatic rings. The molecular weight excluding hydrogens is 572 g/mol. The Bertz CT molecular complexity index is 1730. The van der Waals surface area contributed by atoms with Crippen molar-refractivity contribution in [2.45, 2.75) is 56.6 Å². The number of benzene rings is 2. The fourth-order valence-corrected chi connectivity index (χ4v) is 7.03. The second-order valence-corrected chi connectivity index (χ2v) is 12.2. The van der Waals surface area contributed by atoms with Gasteiger partial charge >= 0.3 is 12.1 Å². The van der Waals surface area contributed by atoms with Crippen LogP contribution < -0.4 is 10.6 Å². The molecule has 0 aliphatic carbocycles. The van der Waals surface area contributed by atoms with E-state index in [0.29, 0.717) is 44.5 Å². The number of nitrogens with one attached hydrogen (secondary N) is 3. The number of nitrogens with zero attached hydrogens (tertiary/aromatic N) is 5. The van der Waals surface area contributed by atoms with E-state index in [9.17, 15) is 14.4 Å². The third-order valence-electron chi connectivity index (χ3n) is 9.47. The number of pyridine rings is 1. The number of carbonyl (C=O) groups excluding carboxylic acids is 3. The monoisotopic (exact) mass is 608 g/mol. The Morgan fingerprint density at radius 1 is 1.02 bits per heavy atom. The SMILES string of the molecule is Cc1cc(CC(OC(=O)N2CCC3(CC2)NC(=O)Nc2ccccc23)C(=O)N2CCC(c3ccccn3)CC2)cc2nn[nH]c12. The molecular formula is C33H36N8O4. The highest BCUT2D eigenvalue weighted by molar-refractivity contribution is 5.94. The van der Waals surface area contributed by atoms with Crippen molar-refractivity contribution in [2.75, 3.05) is 31.5 Å². The summed E-state index contributed by atoms with van der Waals surface area (Å²) in [5.74, 6) is 0.0866. The molecule has 5 heterocycles. The van der Waals surface area contributed by atoms with Gasteiger partial charge in [0, 0.05) is 61.7 Å². The van der Waals surface area contributed by atoms with E-state index in [4.69, 9.17) is 4.74 Å². The predicted octanol–water partition coefficient (Wildman–Crippen LogP) is 4.24. The van der Waals surface area contributed by atoms with E-state index in [-0.39, 0.29) is 24.3 Å². The second kappa shape index (κ2) is 11.8. The number of para-hydroxylation sites is 1. The lowest BCUT2D eigenvalue weighted by molar-refractivity contribution is -0.142. The van der Waals surface area contributed by atoms with Gasteiger partial charge in [-0.2, -0.15) is 0 Å². The van der Waals surface area contributed by atoms with Crippen molar-refractivity contribution in [3.05, 3.63) is 83.2 Å². The number of likely N-dealkylation sites (tertiary alicyclic amines) is 2. The first-order chi connectivity index (χ1) is 21.9. The molecule has 1 unspecified atom stereocenters. The summed E-state index contributed by atoms with van der Waals surface area (Å²) in [4.78, 5) is 48.1. The molecule has 2 saturated heterocycles. The van der Waals surface area contributed by atoms with Gasteiger partial charge < -0.3 is 25.2 Å². The van der Waals surface area contributed by atoms with Crippen molar-refractivity contribution < 1.29 is 19.1 Å². The molecule has 232 valence electrons. The number of anilines is 1. The van der Waals surface area contributed by atoms with E-state index < -0.39 is 17.7 Å². The zero-order chi connectivity index (χ0) is 31.0. The summed E-state index contributed by atoms with van der Waals surface area (Å²) in [6.45, 7) is 3.85. The van der Waals surface area contributed by atoms with Crippen LogP contribution in [0, 0.1) is 6.92 Å². The first kappa shape index (κ1) is 28.8. The van der Waals surface area contributed by atoms with Gasteiger partial charge in [-0.3, -0.25) is 14.9 Å². The smallest absolute Gasteiger partial charge is 0.410 e. The van der Waals surface area contributed by atoms with Crippen LogP contribution in [0.15, 0.2) is 60.8 Å². The summed E-state index contributed by atoms with van der Waals surface area (Å²) in [7, 11) is 0. The van der Waals surface area contributed by atoms with Gasteiger partial charge in [0.25, 0.3) is 5.91 Å². The maximum Gasteiger partial charge on any atom is 0.410 e. The highest BCUT2D eigenvalue weighted by Crippen LogP contribution is 2.39. The molecule has 1 atom stereocenters. The topological polar surface area (TPSA) is 145 Å². The van der Waals surface area contributed by atoms with Gasteiger partial charge in [0.2, 0.25) is 0 Å². The number of H-pyrrole nitrogens is 1. The Balaban J connectivity index is 1.07. The first-order valence-electron chi connectivity index (χ1n) is 15.5. The van der Waals surface area contributed by atoms with Gasteiger partial charge in [0.05, 0.1) is 11.1 Å². The van der Waals surface area contributed by atoms with Crippen molar-refractivity contribution >= 4 is 34.8 Å². The van der Waals surface area contributed by atoms with Crippen molar-refractivity contribution in [3.8, 4) is 0 Å². The van der Waals surface area contributed by atoms with Gasteiger partial charge in [-0.05, 0) is 68.0 Å². The fraction of sp³-hybridized carbons (Fsp3) is 0.394. The summed E-state index contributed by atoms with van der Waals surface area (Å²) in [5.41, 5.74) is 5.61. The summed E-state index contributed by atoms with van der Waals surface area (Å²) in [6.07, 6.45) is 3.16. The summed E-state index contributed by atoms with van der Waals surface area (Å²) in [5, 5.41) is 17.0. The van der Waals surface area contributed by atoms with Crippen molar-refractivity contribution in [3.63, 3.8) is 0 Å². The molecule has 3 N–H and O–H groups in total. The Hall–Kier alpha value is -5.00. The summed E-state index contributed by atoms with van der Waals surface area (Å²) >= 11 is 0. The minimum absolute atomic E-state index is 0.200. The van der Waals surface area contributed by atoms with Gasteiger partial charge in [-0.25, -0.2) is 9.59 Å². The van der Waals surface area contributed by atoms with Gasteiger partial charge in [0.1, 0.15) is 5.52 Å². The number of hydrogen-bond donors (Lipinski definition) is 3. The molecule has 2 aromatic heterocycles. The molecule has 12 nitrogen and oxygen atoms in total. The average molecular weight is 609 g/mol. The standard InChI is InChI=1S/C33H36N8O4/c1-21-18-22(19-27-29(21)38-39-37-27)20-28(30(42)40-14-9-23(10-15-40)25-7-4-5-13-34-25)45-32(44)41-16-11-33(12-17-41)24-6-2-3-8-26(24)35-31(43)36-33/h2-8,13,18-19,23,28H,9-12,14-17,20H2,1H3,(H2,35,36,43)(H,37,38,39). The third kappa shape index (κ3) is 5.67. The Morgan fingerprint density at radius 3 is 2.58 bits per heavy atom. The van der Waals surface area contributed by atoms with Crippen LogP contribution in [-0.2, 0) is 21.5 Å². The van der Waals surface area contributed by atoms with Crippen LogP contribution in [0.1, 0.15) is 54.0 Å². The minimum atomic E-state index is -0.997. The quantitative estimate of drug-likeness (QED) is 0.307. The normalized spacial score (nSPS) is 18.6. The van der Waals surface area contributed by atoms with Crippen LogP contribution in [0.2, 0.25) is 0 Å². The number of carbonyl (C=O) groups is 3. The van der Waals surface area contributed by atoms with E-state index in [1.54, 1.807) is 11.1 Å². The lowest BCUT2D eigenvalue weighted by Crippen LogP contribution is -2.58. The van der Waals surface area contributed by atoms with Crippen LogP contribution in [0.25, 0.3) is 11.0 Å². The maximum absolute atomic E-state index is 14.0. The van der Waals surface area contributed by atoms with Crippen LogP contribution in [-0.4, -0.2) is 80.5 Å². The molecule has 3 aliphatic rings. The lowest BCUT2D eigenvalue weighted by Gasteiger charge is -2.45. The summed E-state index contributed by atoms with van der Waals surface area (Å²) in [6, 6.07) is 17.3. The lowest BCUT2D eigenvalue weighted by atomic mass is 9.79. The van der Waals surface area contributed by atoms with Gasteiger partial charge in [0.15, 0.2) is 6.10 Å². The third-order valence-corrected chi connectivity index (χ3v) is 9.47. The average Bonchev–Trinajstić information content (AvgIpc) is 3.54. The van der Waals surface area contributed by atoms with Crippen LogP contribution in [0.3, 0.4) is 0 Å². The molecule has 0 radical (unpaired) electrons. The van der Waals surface area contributed by atoms with Gasteiger partial charge in [-0.15, -0.1) is 5.10 Å². The molecule has 7 rings (SSSR count). The van der Waals surface area contributed by atoms with E-state index in [2.05, 4.69) is 31.0 Å². The van der Waals surface area contributed by atoms with E-state index in [1.165, 1.54) is 0 Å². The molecule has 12 heteroatoms. The minimum Gasteiger partial charge on any atom is -0.436 e. The van der Waals surface area contributed by atoms with E-state index >= 15 is 0 Å². The van der Waals surface area contributed by atoms with Gasteiger partial charge in [-0.1, -0.05) is 35.5 Å². The molecule has 1 spiro atoms. The van der Waals surface area contributed by atoms with E-state index in [0.717, 1.165) is 46.4 Å². The summed E-state index contributed by atoms with van der Waals surface area (Å²) < 4.78 is 6.06. The molecule has 0 bridgehead atoms. The number of aromatic amines is 1. The number of fused-ring (bicyclic) bond motifs is 3. The van der Waals surface area contributed by atoms with Crippen LogP contribution in [0.5, 0.6) is 0 Å². The molecule has 3 aliphatic heterocycles. The van der Waals surface area contributed by atoms with Crippen molar-refractivity contribution in [1.29, 1.82) is 0 Å². The zero-order valence-corrected chi connectivity index (χ0v) is 25.2. The Labute approximate surface area is 260 Å². The Morgan fingerprint density at radius 2 is 1.80 bits per heavy atom. The second-order valence-electron chi connectivity index (χ2n) is 12.2. The number of piperidine rings is 2. The number of rotatable bonds is 5. The van der Waals surface area contributed by atoms with Crippen molar-refractivity contribution in [1.82, 2.24) is 35.5 Å². The predicted molar refractivity (Wildman–Crippen MR) is 166 cm³/mol. The molecule has 45 heavy (non-hydrogen) atoms. The molecule has 4 amide bonds. The number of aromatic nitrogens is 4. The largest absolute Gasteiger partial charge is 0.436 e. The number of ether oxygens (including phenoxy) is 1. The van der Waals surface area contributed by atoms with Crippen LogP contribution >= 0.6 is 0 Å². The highest BCUT2D eigenvalue weighted by Gasteiger charge is 2.43.